The fourth-order valence-corrected chi connectivity index (χ4v) is 3.47. The molecule has 2 heterocycles. The lowest BCUT2D eigenvalue weighted by Gasteiger charge is -2.20. The third kappa shape index (κ3) is 6.83. The average Bonchev–Trinajstić information content (AvgIpc) is 3.14. The van der Waals surface area contributed by atoms with Gasteiger partial charge in [-0.3, -0.25) is 4.90 Å². The van der Waals surface area contributed by atoms with Gasteiger partial charge in [0, 0.05) is 38.4 Å². The highest BCUT2D eigenvalue weighted by molar-refractivity contribution is 5.94. The molecule has 1 aromatic heterocycles. The number of nitrogen functional groups attached to an aromatic ring is 1. The Morgan fingerprint density at radius 1 is 1.19 bits per heavy atom. The molecule has 8 heteroatoms. The summed E-state index contributed by atoms with van der Waals surface area (Å²) in [7, 11) is 0. The molecule has 0 radical (unpaired) electrons. The molecule has 1 unspecified atom stereocenters. The Hall–Kier alpha value is -2.84. The quantitative estimate of drug-likeness (QED) is 0.398. The van der Waals surface area contributed by atoms with E-state index in [9.17, 15) is 4.79 Å². The molecule has 1 fully saturated rings. The van der Waals surface area contributed by atoms with Crippen LogP contribution >= 0.6 is 0 Å². The van der Waals surface area contributed by atoms with Crippen molar-refractivity contribution in [3.8, 4) is 5.75 Å². The van der Waals surface area contributed by atoms with Gasteiger partial charge in [0.2, 0.25) is 0 Å². The highest BCUT2D eigenvalue weighted by Gasteiger charge is 2.29. The first-order valence-corrected chi connectivity index (χ1v) is 10.9. The number of hydroxylamine groups is 1. The van der Waals surface area contributed by atoms with E-state index in [1.54, 1.807) is 17.2 Å². The Morgan fingerprint density at radius 3 is 2.74 bits per heavy atom. The van der Waals surface area contributed by atoms with Crippen molar-refractivity contribution in [3.05, 3.63) is 48.2 Å². The monoisotopic (exact) mass is 427 g/mol. The van der Waals surface area contributed by atoms with Gasteiger partial charge in [-0.05, 0) is 49.4 Å². The number of carbonyl (C=O) groups excluding carboxylic acids is 1. The Bertz CT molecular complexity index is 830. The minimum atomic E-state index is 0.0352. The second-order valence-corrected chi connectivity index (χ2v) is 7.79. The normalized spacial score (nSPS) is 14.8. The highest BCUT2D eigenvalue weighted by Crippen LogP contribution is 2.22. The van der Waals surface area contributed by atoms with E-state index in [0.29, 0.717) is 38.0 Å². The molecule has 1 saturated heterocycles. The molecule has 8 nitrogen and oxygen atoms in total. The first kappa shape index (κ1) is 22.8. The zero-order valence-electron chi connectivity index (χ0n) is 18.4. The molecule has 1 aromatic carbocycles. The first-order chi connectivity index (χ1) is 15.1. The van der Waals surface area contributed by atoms with Gasteiger partial charge >= 0.3 is 6.03 Å². The summed E-state index contributed by atoms with van der Waals surface area (Å²) in [5.41, 5.74) is 10.6. The van der Waals surface area contributed by atoms with Crippen LogP contribution in [0.15, 0.2) is 42.6 Å². The number of nitrogens with one attached hydrogen (secondary N) is 1. The molecule has 2 amide bonds. The van der Waals surface area contributed by atoms with Crippen LogP contribution in [0.25, 0.3) is 0 Å². The number of aromatic nitrogens is 1. The second-order valence-electron chi connectivity index (χ2n) is 7.79. The number of hydrogen-bond donors (Lipinski definition) is 2. The third-order valence-electron chi connectivity index (χ3n) is 5.39. The molecule has 2 aromatic rings. The van der Waals surface area contributed by atoms with Crippen LogP contribution < -0.4 is 20.9 Å². The summed E-state index contributed by atoms with van der Waals surface area (Å²) >= 11 is 0. The Kier molecular flexibility index (Phi) is 8.49. The maximum Gasteiger partial charge on any atom is 0.324 e. The summed E-state index contributed by atoms with van der Waals surface area (Å²) in [4.78, 5) is 25.5. The number of pyridine rings is 1. The standard InChI is InChI=1S/C23H33N5O3/c1-3-31-26-17-19-4-6-21(7-5-19)30-15-10-18(2)9-12-27-13-14-28(23(27)29)20-8-11-25-22(24)16-20/h4-8,11,16,18,26H,3,9-10,12-15,17H2,1-2H3,(H2,24,25). The highest BCUT2D eigenvalue weighted by atomic mass is 16.6. The third-order valence-corrected chi connectivity index (χ3v) is 5.39. The number of carbonyl (C=O) groups is 1. The summed E-state index contributed by atoms with van der Waals surface area (Å²) in [6, 6.07) is 11.6. The smallest absolute Gasteiger partial charge is 0.324 e. The van der Waals surface area contributed by atoms with Crippen LogP contribution in [0, 0.1) is 5.92 Å². The number of nitrogens with zero attached hydrogens (tertiary/aromatic N) is 3. The van der Waals surface area contributed by atoms with Crippen molar-refractivity contribution in [1.29, 1.82) is 0 Å². The van der Waals surface area contributed by atoms with E-state index < -0.39 is 0 Å². The van der Waals surface area contributed by atoms with Crippen LogP contribution in [0.3, 0.4) is 0 Å². The van der Waals surface area contributed by atoms with Crippen LogP contribution in [0.1, 0.15) is 32.3 Å². The lowest BCUT2D eigenvalue weighted by atomic mass is 10.0. The summed E-state index contributed by atoms with van der Waals surface area (Å²) < 4.78 is 5.88. The lowest BCUT2D eigenvalue weighted by molar-refractivity contribution is 0.0463. The van der Waals surface area contributed by atoms with E-state index in [2.05, 4.69) is 17.4 Å². The van der Waals surface area contributed by atoms with Crippen LogP contribution in [0.4, 0.5) is 16.3 Å². The van der Waals surface area contributed by atoms with Gasteiger partial charge < -0.3 is 20.2 Å². The molecule has 1 aliphatic rings. The number of anilines is 2. The zero-order chi connectivity index (χ0) is 22.1. The van der Waals surface area contributed by atoms with E-state index in [1.165, 1.54) is 0 Å². The minimum Gasteiger partial charge on any atom is -0.494 e. The second kappa shape index (κ2) is 11.5. The number of rotatable bonds is 12. The van der Waals surface area contributed by atoms with Gasteiger partial charge in [-0.15, -0.1) is 0 Å². The van der Waals surface area contributed by atoms with Crippen molar-refractivity contribution in [2.45, 2.75) is 33.2 Å². The van der Waals surface area contributed by atoms with Gasteiger partial charge in [0.1, 0.15) is 11.6 Å². The molecule has 1 atom stereocenters. The summed E-state index contributed by atoms with van der Waals surface area (Å²) in [5, 5.41) is 0. The summed E-state index contributed by atoms with van der Waals surface area (Å²) in [6.45, 7) is 8.28. The van der Waals surface area contributed by atoms with Crippen molar-refractivity contribution in [2.75, 3.05) is 43.5 Å². The minimum absolute atomic E-state index is 0.0352. The number of ether oxygens (including phenoxy) is 1. The van der Waals surface area contributed by atoms with E-state index >= 15 is 0 Å². The van der Waals surface area contributed by atoms with E-state index in [-0.39, 0.29) is 6.03 Å². The van der Waals surface area contributed by atoms with E-state index in [4.69, 9.17) is 15.3 Å². The molecule has 0 spiro atoms. The first-order valence-electron chi connectivity index (χ1n) is 10.9. The van der Waals surface area contributed by atoms with E-state index in [1.807, 2.05) is 42.2 Å². The van der Waals surface area contributed by atoms with Crippen LogP contribution in [0.2, 0.25) is 0 Å². The predicted octanol–water partition coefficient (Wildman–Crippen LogP) is 3.44. The number of urea groups is 1. The molecule has 31 heavy (non-hydrogen) atoms. The van der Waals surface area contributed by atoms with Gasteiger partial charge in [-0.25, -0.2) is 9.78 Å². The maximum absolute atomic E-state index is 12.7. The van der Waals surface area contributed by atoms with Crippen molar-refractivity contribution >= 4 is 17.5 Å². The summed E-state index contributed by atoms with van der Waals surface area (Å²) in [6.07, 6.45) is 3.53. The maximum atomic E-state index is 12.7. The number of nitrogens with two attached hydrogens (primary N) is 1. The Morgan fingerprint density at radius 2 is 2.00 bits per heavy atom. The molecule has 3 rings (SSSR count). The molecule has 3 N–H and O–H groups in total. The number of hydrogen-bond acceptors (Lipinski definition) is 6. The predicted molar refractivity (Wildman–Crippen MR) is 122 cm³/mol. The SMILES string of the molecule is CCONCc1ccc(OCCC(C)CCN2CCN(c3ccnc(N)c3)C2=O)cc1. The average molecular weight is 428 g/mol. The largest absolute Gasteiger partial charge is 0.494 e. The topological polar surface area (TPSA) is 92.9 Å². The Labute approximate surface area is 184 Å². The Balaban J connectivity index is 1.35. The molecule has 0 saturated carbocycles. The van der Waals surface area contributed by atoms with Gasteiger partial charge in [0.25, 0.3) is 0 Å². The molecule has 168 valence electrons. The van der Waals surface area contributed by atoms with E-state index in [0.717, 1.165) is 42.9 Å². The van der Waals surface area contributed by atoms with Crippen LogP contribution in [-0.4, -0.2) is 48.8 Å². The van der Waals surface area contributed by atoms with Crippen molar-refractivity contribution in [1.82, 2.24) is 15.4 Å². The molecule has 0 bridgehead atoms. The van der Waals surface area contributed by atoms with Gasteiger partial charge in [-0.2, -0.15) is 5.48 Å². The van der Waals surface area contributed by atoms with Gasteiger partial charge in [0.15, 0.2) is 0 Å². The lowest BCUT2D eigenvalue weighted by Crippen LogP contribution is -2.33. The molecular weight excluding hydrogens is 394 g/mol. The molecule has 1 aliphatic heterocycles. The number of benzene rings is 1. The van der Waals surface area contributed by atoms with Crippen molar-refractivity contribution < 1.29 is 14.4 Å². The van der Waals surface area contributed by atoms with Crippen molar-refractivity contribution in [2.24, 2.45) is 5.92 Å². The summed E-state index contributed by atoms with van der Waals surface area (Å²) in [5.74, 6) is 1.76. The van der Waals surface area contributed by atoms with Gasteiger partial charge in [-0.1, -0.05) is 19.1 Å². The van der Waals surface area contributed by atoms with Crippen LogP contribution in [0.5, 0.6) is 5.75 Å². The molecular formula is C23H33N5O3. The van der Waals surface area contributed by atoms with Crippen LogP contribution in [-0.2, 0) is 11.4 Å². The van der Waals surface area contributed by atoms with Crippen molar-refractivity contribution in [3.63, 3.8) is 0 Å². The zero-order valence-corrected chi connectivity index (χ0v) is 18.4. The molecule has 0 aliphatic carbocycles. The van der Waals surface area contributed by atoms with Gasteiger partial charge in [0.05, 0.1) is 18.9 Å². The fraction of sp³-hybridized carbons (Fsp3) is 0.478. The fourth-order valence-electron chi connectivity index (χ4n) is 3.47. The number of amides is 2.